The first-order valence-corrected chi connectivity index (χ1v) is 5.75. The highest BCUT2D eigenvalue weighted by Gasteiger charge is 2.16. The highest BCUT2D eigenvalue weighted by atomic mass is 16.3. The van der Waals surface area contributed by atoms with E-state index in [1.807, 2.05) is 6.07 Å². The Morgan fingerprint density at radius 2 is 2.17 bits per heavy atom. The number of rotatable bonds is 3. The van der Waals surface area contributed by atoms with Crippen LogP contribution in [0.4, 0.5) is 11.8 Å². The molecule has 2 aromatic heterocycles. The number of aliphatic hydroxyl groups excluding tert-OH is 1. The Hall–Kier alpha value is -1.95. The molecule has 0 aromatic carbocycles. The lowest BCUT2D eigenvalue weighted by atomic mass is 9.92. The van der Waals surface area contributed by atoms with Crippen LogP contribution in [0.2, 0.25) is 0 Å². The minimum absolute atomic E-state index is 0.0146. The second-order valence-corrected chi connectivity index (χ2v) is 5.07. The largest absolute Gasteiger partial charge is 0.390 e. The summed E-state index contributed by atoms with van der Waals surface area (Å²) in [7, 11) is 0. The maximum atomic E-state index is 9.00. The predicted molar refractivity (Wildman–Crippen MR) is 68.5 cm³/mol. The summed E-state index contributed by atoms with van der Waals surface area (Å²) in [5, 5.41) is 19.1. The Bertz CT molecular complexity index is 529. The van der Waals surface area contributed by atoms with E-state index in [-0.39, 0.29) is 12.0 Å². The monoisotopic (exact) mass is 247 g/mol. The summed E-state index contributed by atoms with van der Waals surface area (Å²) < 4.78 is 0. The van der Waals surface area contributed by atoms with Gasteiger partial charge < -0.3 is 10.4 Å². The minimum atomic E-state index is -0.106. The van der Waals surface area contributed by atoms with Crippen molar-refractivity contribution >= 4 is 11.8 Å². The molecule has 0 saturated heterocycles. The molecule has 2 rings (SSSR count). The van der Waals surface area contributed by atoms with E-state index in [9.17, 15) is 0 Å². The maximum absolute atomic E-state index is 9.00. The van der Waals surface area contributed by atoms with Crippen LogP contribution in [0.25, 0.3) is 0 Å². The molecule has 3 N–H and O–H groups in total. The third-order valence-corrected chi connectivity index (χ3v) is 2.50. The van der Waals surface area contributed by atoms with E-state index >= 15 is 0 Å². The summed E-state index contributed by atoms with van der Waals surface area (Å²) in [6, 6.07) is 3.59. The molecule has 0 bridgehead atoms. The Kier molecular flexibility index (Phi) is 3.29. The fourth-order valence-corrected chi connectivity index (χ4v) is 1.43. The van der Waals surface area contributed by atoms with E-state index < -0.39 is 0 Å². The number of nitrogens with one attached hydrogen (secondary N) is 2. The van der Waals surface area contributed by atoms with Gasteiger partial charge in [-0.05, 0) is 6.07 Å². The van der Waals surface area contributed by atoms with Gasteiger partial charge in [-0.2, -0.15) is 5.10 Å². The first kappa shape index (κ1) is 12.5. The van der Waals surface area contributed by atoms with Gasteiger partial charge >= 0.3 is 0 Å². The molecule has 0 atom stereocenters. The van der Waals surface area contributed by atoms with Gasteiger partial charge in [0.2, 0.25) is 5.95 Å². The molecule has 18 heavy (non-hydrogen) atoms. The van der Waals surface area contributed by atoms with Gasteiger partial charge in [0, 0.05) is 23.4 Å². The zero-order valence-electron chi connectivity index (χ0n) is 10.7. The van der Waals surface area contributed by atoms with Crippen molar-refractivity contribution in [3.05, 3.63) is 29.7 Å². The van der Waals surface area contributed by atoms with E-state index in [0.717, 1.165) is 5.69 Å². The number of aromatic amines is 1. The first-order chi connectivity index (χ1) is 8.49. The van der Waals surface area contributed by atoms with Crippen molar-refractivity contribution < 1.29 is 5.11 Å². The predicted octanol–water partition coefficient (Wildman–Crippen LogP) is 1.73. The van der Waals surface area contributed by atoms with Gasteiger partial charge in [0.15, 0.2) is 5.82 Å². The molecule has 96 valence electrons. The second kappa shape index (κ2) is 4.73. The van der Waals surface area contributed by atoms with Crippen LogP contribution in [0, 0.1) is 0 Å². The summed E-state index contributed by atoms with van der Waals surface area (Å²) in [5.74, 6) is 1.09. The summed E-state index contributed by atoms with van der Waals surface area (Å²) in [5.41, 5.74) is 1.61. The maximum Gasteiger partial charge on any atom is 0.228 e. The van der Waals surface area contributed by atoms with Crippen molar-refractivity contribution in [1.29, 1.82) is 0 Å². The number of anilines is 2. The van der Waals surface area contributed by atoms with Crippen LogP contribution in [0.3, 0.4) is 0 Å². The highest BCUT2D eigenvalue weighted by molar-refractivity contribution is 5.48. The van der Waals surface area contributed by atoms with Crippen LogP contribution >= 0.6 is 0 Å². The fourth-order valence-electron chi connectivity index (χ4n) is 1.43. The van der Waals surface area contributed by atoms with Crippen LogP contribution in [0.1, 0.15) is 32.2 Å². The van der Waals surface area contributed by atoms with Gasteiger partial charge in [0.25, 0.3) is 0 Å². The molecule has 0 fully saturated rings. The van der Waals surface area contributed by atoms with Crippen molar-refractivity contribution in [2.75, 3.05) is 5.32 Å². The number of H-pyrrole nitrogens is 1. The quantitative estimate of drug-likeness (QED) is 0.769. The SMILES string of the molecule is CC(C)(C)c1cc(Nc2nccc(CO)n2)n[nH]1. The van der Waals surface area contributed by atoms with Gasteiger partial charge in [-0.25, -0.2) is 9.97 Å². The summed E-state index contributed by atoms with van der Waals surface area (Å²) in [6.45, 7) is 6.21. The molecule has 2 heterocycles. The summed E-state index contributed by atoms with van der Waals surface area (Å²) in [4.78, 5) is 8.20. The number of aromatic nitrogens is 4. The van der Waals surface area contributed by atoms with E-state index in [1.165, 1.54) is 0 Å². The molecule has 6 heteroatoms. The molecular weight excluding hydrogens is 230 g/mol. The Morgan fingerprint density at radius 3 is 2.78 bits per heavy atom. The standard InChI is InChI=1S/C12H17N5O/c1-12(2,3)9-6-10(17-16-9)15-11-13-5-4-8(7-18)14-11/h4-6,18H,7H2,1-3H3,(H2,13,14,15,16,17). The Labute approximate surface area is 105 Å². The molecule has 0 unspecified atom stereocenters. The smallest absolute Gasteiger partial charge is 0.228 e. The lowest BCUT2D eigenvalue weighted by Crippen LogP contribution is -2.11. The number of nitrogens with zero attached hydrogens (tertiary/aromatic N) is 3. The highest BCUT2D eigenvalue weighted by Crippen LogP contribution is 2.22. The first-order valence-electron chi connectivity index (χ1n) is 5.75. The molecule has 0 aliphatic rings. The van der Waals surface area contributed by atoms with Crippen molar-refractivity contribution in [3.8, 4) is 0 Å². The number of hydrogen-bond acceptors (Lipinski definition) is 5. The van der Waals surface area contributed by atoms with E-state index in [2.05, 4.69) is 46.3 Å². The molecular formula is C12H17N5O. The van der Waals surface area contributed by atoms with Gasteiger partial charge in [-0.3, -0.25) is 5.10 Å². The van der Waals surface area contributed by atoms with Crippen molar-refractivity contribution in [2.45, 2.75) is 32.8 Å². The molecule has 0 radical (unpaired) electrons. The number of hydrogen-bond donors (Lipinski definition) is 3. The van der Waals surface area contributed by atoms with Gasteiger partial charge in [-0.15, -0.1) is 0 Å². The third-order valence-electron chi connectivity index (χ3n) is 2.50. The molecule has 2 aromatic rings. The summed E-state index contributed by atoms with van der Waals surface area (Å²) in [6.07, 6.45) is 1.60. The number of aliphatic hydroxyl groups is 1. The van der Waals surface area contributed by atoms with Crippen LogP contribution in [0.5, 0.6) is 0 Å². The average molecular weight is 247 g/mol. The van der Waals surface area contributed by atoms with Crippen molar-refractivity contribution in [1.82, 2.24) is 20.2 Å². The van der Waals surface area contributed by atoms with E-state index in [1.54, 1.807) is 12.3 Å². The van der Waals surface area contributed by atoms with Crippen LogP contribution < -0.4 is 5.32 Å². The van der Waals surface area contributed by atoms with Crippen LogP contribution in [-0.4, -0.2) is 25.3 Å². The normalized spacial score (nSPS) is 11.6. The van der Waals surface area contributed by atoms with Crippen LogP contribution in [0.15, 0.2) is 18.3 Å². The summed E-state index contributed by atoms with van der Waals surface area (Å²) >= 11 is 0. The van der Waals surface area contributed by atoms with Crippen molar-refractivity contribution in [2.24, 2.45) is 0 Å². The zero-order valence-corrected chi connectivity index (χ0v) is 10.7. The molecule has 0 amide bonds. The topological polar surface area (TPSA) is 86.7 Å². The molecule has 6 nitrogen and oxygen atoms in total. The molecule has 0 aliphatic heterocycles. The Morgan fingerprint density at radius 1 is 1.39 bits per heavy atom. The molecule has 0 spiro atoms. The van der Waals surface area contributed by atoms with Crippen molar-refractivity contribution in [3.63, 3.8) is 0 Å². The average Bonchev–Trinajstić information content (AvgIpc) is 2.77. The Balaban J connectivity index is 2.16. The molecule has 0 aliphatic carbocycles. The van der Waals surface area contributed by atoms with E-state index in [0.29, 0.717) is 17.5 Å². The second-order valence-electron chi connectivity index (χ2n) is 5.07. The fraction of sp³-hybridized carbons (Fsp3) is 0.417. The van der Waals surface area contributed by atoms with Gasteiger partial charge in [0.1, 0.15) is 0 Å². The van der Waals surface area contributed by atoms with Crippen LogP contribution in [-0.2, 0) is 12.0 Å². The lowest BCUT2D eigenvalue weighted by Gasteiger charge is -2.14. The molecule has 0 saturated carbocycles. The van der Waals surface area contributed by atoms with E-state index in [4.69, 9.17) is 5.11 Å². The zero-order chi connectivity index (χ0) is 13.2. The van der Waals surface area contributed by atoms with Gasteiger partial charge in [-0.1, -0.05) is 20.8 Å². The minimum Gasteiger partial charge on any atom is -0.390 e. The third kappa shape index (κ3) is 2.84. The van der Waals surface area contributed by atoms with Gasteiger partial charge in [0.05, 0.1) is 12.3 Å². The lowest BCUT2D eigenvalue weighted by molar-refractivity contribution is 0.277.